The first-order valence-electron chi connectivity index (χ1n) is 6.21. The number of hydrogen-bond donors (Lipinski definition) is 0. The molecule has 0 N–H and O–H groups in total. The van der Waals surface area contributed by atoms with E-state index in [-0.39, 0.29) is 5.78 Å². The van der Waals surface area contributed by atoms with Gasteiger partial charge in [-0.3, -0.25) is 4.79 Å². The number of benzene rings is 1. The van der Waals surface area contributed by atoms with Gasteiger partial charge >= 0.3 is 0 Å². The van der Waals surface area contributed by atoms with Crippen molar-refractivity contribution in [2.24, 2.45) is 0 Å². The number of ketones is 1. The molecule has 1 atom stereocenters. The Morgan fingerprint density at radius 1 is 1.47 bits per heavy atom. The molecule has 0 aromatic heterocycles. The normalized spacial score (nSPS) is 20.4. The monoisotopic (exact) mass is 249 g/mol. The van der Waals surface area contributed by atoms with Gasteiger partial charge in [0, 0.05) is 41.8 Å². The Kier molecular flexibility index (Phi) is 4.11. The van der Waals surface area contributed by atoms with Crippen molar-refractivity contribution in [2.45, 2.75) is 25.5 Å². The maximum Gasteiger partial charge on any atom is 0.164 e. The number of carbonyl (C=O) groups is 1. The van der Waals surface area contributed by atoms with Crippen LogP contribution in [-0.4, -0.2) is 29.9 Å². The van der Waals surface area contributed by atoms with E-state index in [2.05, 4.69) is 17.9 Å². The highest BCUT2D eigenvalue weighted by Gasteiger charge is 2.20. The second-order valence-electron chi connectivity index (χ2n) is 4.42. The van der Waals surface area contributed by atoms with Gasteiger partial charge in [0.05, 0.1) is 0 Å². The molecule has 1 saturated heterocycles. The second kappa shape index (κ2) is 5.58. The molecule has 17 heavy (non-hydrogen) atoms. The molecule has 1 aromatic carbocycles. The predicted molar refractivity (Wildman–Crippen MR) is 75.2 cm³/mol. The van der Waals surface area contributed by atoms with Crippen molar-refractivity contribution in [3.05, 3.63) is 29.8 Å². The van der Waals surface area contributed by atoms with E-state index in [0.29, 0.717) is 11.7 Å². The first-order chi connectivity index (χ1) is 8.22. The van der Waals surface area contributed by atoms with E-state index in [0.717, 1.165) is 30.1 Å². The molecule has 0 saturated carbocycles. The largest absolute Gasteiger partial charge is 0.369 e. The van der Waals surface area contributed by atoms with Gasteiger partial charge in [0.2, 0.25) is 0 Å². The maximum atomic E-state index is 11.9. The predicted octanol–water partition coefficient (Wildman–Crippen LogP) is 3.22. The summed E-state index contributed by atoms with van der Waals surface area (Å²) in [5.41, 5.74) is 2.00. The molecular weight excluding hydrogens is 230 g/mol. The number of Topliss-reactive ketones (excluding diaryl/α,β-unsaturated/α-hetero) is 1. The van der Waals surface area contributed by atoms with Gasteiger partial charge < -0.3 is 4.90 Å². The highest BCUT2D eigenvalue weighted by molar-refractivity contribution is 8.00. The van der Waals surface area contributed by atoms with E-state index in [1.54, 1.807) is 0 Å². The van der Waals surface area contributed by atoms with Crippen LogP contribution in [0, 0.1) is 0 Å². The van der Waals surface area contributed by atoms with Crippen LogP contribution in [0.25, 0.3) is 0 Å². The molecule has 2 nitrogen and oxygen atoms in total. The van der Waals surface area contributed by atoms with Crippen LogP contribution in [0.2, 0.25) is 0 Å². The van der Waals surface area contributed by atoms with Crippen LogP contribution in [0.5, 0.6) is 0 Å². The lowest BCUT2D eigenvalue weighted by Gasteiger charge is -2.33. The van der Waals surface area contributed by atoms with E-state index in [4.69, 9.17) is 0 Å². The molecule has 3 heteroatoms. The van der Waals surface area contributed by atoms with Crippen molar-refractivity contribution < 1.29 is 4.79 Å². The van der Waals surface area contributed by atoms with E-state index >= 15 is 0 Å². The summed E-state index contributed by atoms with van der Waals surface area (Å²) in [6, 6.07) is 8.00. The minimum Gasteiger partial charge on any atom is -0.369 e. The molecule has 1 fully saturated rings. The number of carbonyl (C=O) groups excluding carboxylic acids is 1. The minimum atomic E-state index is 0.242. The fraction of sp³-hybridized carbons (Fsp3) is 0.500. The lowest BCUT2D eigenvalue weighted by Crippen LogP contribution is -2.37. The highest BCUT2D eigenvalue weighted by Crippen LogP contribution is 2.27. The Morgan fingerprint density at radius 3 is 2.94 bits per heavy atom. The van der Waals surface area contributed by atoms with Gasteiger partial charge in [0.25, 0.3) is 0 Å². The van der Waals surface area contributed by atoms with Crippen molar-refractivity contribution in [1.82, 2.24) is 0 Å². The Hall–Kier alpha value is -0.960. The van der Waals surface area contributed by atoms with E-state index in [9.17, 15) is 4.79 Å². The fourth-order valence-corrected chi connectivity index (χ4v) is 3.23. The van der Waals surface area contributed by atoms with E-state index < -0.39 is 0 Å². The third-order valence-corrected chi connectivity index (χ3v) is 4.24. The van der Waals surface area contributed by atoms with Crippen molar-refractivity contribution in [1.29, 1.82) is 0 Å². The number of para-hydroxylation sites is 1. The van der Waals surface area contributed by atoms with E-state index in [1.807, 2.05) is 36.9 Å². The lowest BCUT2D eigenvalue weighted by molar-refractivity contribution is 0.0988. The topological polar surface area (TPSA) is 20.3 Å². The van der Waals surface area contributed by atoms with Crippen LogP contribution in [-0.2, 0) is 0 Å². The minimum absolute atomic E-state index is 0.242. The first kappa shape index (κ1) is 12.5. The van der Waals surface area contributed by atoms with Gasteiger partial charge in [-0.2, -0.15) is 11.8 Å². The number of hydrogen-bond acceptors (Lipinski definition) is 3. The molecule has 92 valence electrons. The summed E-state index contributed by atoms with van der Waals surface area (Å²) in [6.07, 6.45) is 0.579. The van der Waals surface area contributed by atoms with Crippen LogP contribution in [0.15, 0.2) is 24.3 Å². The Labute approximate surface area is 107 Å². The summed E-state index contributed by atoms with van der Waals surface area (Å²) < 4.78 is 0. The van der Waals surface area contributed by atoms with Crippen LogP contribution < -0.4 is 4.90 Å². The summed E-state index contributed by atoms with van der Waals surface area (Å²) in [4.78, 5) is 14.3. The number of rotatable bonds is 3. The zero-order chi connectivity index (χ0) is 12.3. The highest BCUT2D eigenvalue weighted by atomic mass is 32.2. The average Bonchev–Trinajstić information content (AvgIpc) is 2.38. The number of anilines is 1. The van der Waals surface area contributed by atoms with Gasteiger partial charge in [-0.05, 0) is 12.1 Å². The standard InChI is InChI=1S/C14H19NOS/c1-3-14(16)12-6-4-5-7-13(12)15-8-9-17-11(2)10-15/h4-7,11H,3,8-10H2,1-2H3. The molecule has 0 aliphatic carbocycles. The summed E-state index contributed by atoms with van der Waals surface area (Å²) in [5.74, 6) is 1.39. The van der Waals surface area contributed by atoms with Gasteiger partial charge in [-0.25, -0.2) is 0 Å². The quantitative estimate of drug-likeness (QED) is 0.767. The smallest absolute Gasteiger partial charge is 0.164 e. The van der Waals surface area contributed by atoms with Crippen LogP contribution in [0.3, 0.4) is 0 Å². The SMILES string of the molecule is CCC(=O)c1ccccc1N1CCSC(C)C1. The Bertz CT molecular complexity index is 405. The van der Waals surface area contributed by atoms with Crippen LogP contribution in [0.4, 0.5) is 5.69 Å². The summed E-state index contributed by atoms with van der Waals surface area (Å²) >= 11 is 2.01. The first-order valence-corrected chi connectivity index (χ1v) is 7.26. The third-order valence-electron chi connectivity index (χ3n) is 3.11. The molecular formula is C14H19NOS. The van der Waals surface area contributed by atoms with E-state index in [1.165, 1.54) is 0 Å². The summed E-state index contributed by atoms with van der Waals surface area (Å²) in [6.45, 7) is 6.26. The lowest BCUT2D eigenvalue weighted by atomic mass is 10.1. The zero-order valence-corrected chi connectivity index (χ0v) is 11.3. The Balaban J connectivity index is 2.27. The third kappa shape index (κ3) is 2.83. The molecule has 0 radical (unpaired) electrons. The molecule has 2 rings (SSSR count). The van der Waals surface area contributed by atoms with Gasteiger partial charge in [0.1, 0.15) is 0 Å². The molecule has 0 spiro atoms. The average molecular weight is 249 g/mol. The number of nitrogens with zero attached hydrogens (tertiary/aromatic N) is 1. The second-order valence-corrected chi connectivity index (χ2v) is 5.97. The molecule has 1 heterocycles. The zero-order valence-electron chi connectivity index (χ0n) is 10.5. The van der Waals surface area contributed by atoms with Gasteiger partial charge in [-0.15, -0.1) is 0 Å². The van der Waals surface area contributed by atoms with Crippen molar-refractivity contribution in [2.75, 3.05) is 23.7 Å². The van der Waals surface area contributed by atoms with Crippen molar-refractivity contribution >= 4 is 23.2 Å². The summed E-state index contributed by atoms with van der Waals surface area (Å²) in [5, 5.41) is 0.647. The fourth-order valence-electron chi connectivity index (χ4n) is 2.21. The van der Waals surface area contributed by atoms with Crippen LogP contribution >= 0.6 is 11.8 Å². The molecule has 1 unspecified atom stereocenters. The number of thioether (sulfide) groups is 1. The molecule has 1 aliphatic heterocycles. The maximum absolute atomic E-state index is 11.9. The molecule has 1 aliphatic rings. The molecule has 1 aromatic rings. The van der Waals surface area contributed by atoms with Gasteiger partial charge in [-0.1, -0.05) is 26.0 Å². The molecule has 0 bridgehead atoms. The summed E-state index contributed by atoms with van der Waals surface area (Å²) in [7, 11) is 0. The van der Waals surface area contributed by atoms with Gasteiger partial charge in [0.15, 0.2) is 5.78 Å². The van der Waals surface area contributed by atoms with Crippen molar-refractivity contribution in [3.8, 4) is 0 Å². The molecule has 0 amide bonds. The Morgan fingerprint density at radius 2 is 2.24 bits per heavy atom. The van der Waals surface area contributed by atoms with Crippen LogP contribution in [0.1, 0.15) is 30.6 Å². The van der Waals surface area contributed by atoms with Crippen molar-refractivity contribution in [3.63, 3.8) is 0 Å².